The number of carbonyl (C=O) groups excluding carboxylic acids is 2. The molecule has 1 N–H and O–H groups in total. The van der Waals surface area contributed by atoms with E-state index >= 15 is 0 Å². The van der Waals surface area contributed by atoms with Crippen LogP contribution >= 0.6 is 0 Å². The minimum atomic E-state index is -1.44. The van der Waals surface area contributed by atoms with Crippen molar-refractivity contribution < 1.29 is 19.5 Å². The summed E-state index contributed by atoms with van der Waals surface area (Å²) >= 11 is 0. The number of anilines is 2. The normalized spacial score (nSPS) is 14.9. The number of carboxylic acid groups (broad SMARTS) is 1. The second kappa shape index (κ2) is 9.56. The van der Waals surface area contributed by atoms with Gasteiger partial charge in [0.25, 0.3) is 5.78 Å². The number of para-hydroxylation sites is 1. The number of benzene rings is 2. The van der Waals surface area contributed by atoms with Gasteiger partial charge >= 0.3 is 5.97 Å². The lowest BCUT2D eigenvalue weighted by molar-refractivity contribution is -0.131. The van der Waals surface area contributed by atoms with Crippen LogP contribution in [0.25, 0.3) is 0 Å². The van der Waals surface area contributed by atoms with Crippen molar-refractivity contribution >= 4 is 29.0 Å². The summed E-state index contributed by atoms with van der Waals surface area (Å²) < 4.78 is 0. The molecule has 1 aliphatic carbocycles. The predicted octanol–water partition coefficient (Wildman–Crippen LogP) is 4.91. The number of carboxylic acids is 1. The molecule has 0 aliphatic heterocycles. The molecule has 0 spiro atoms. The first-order valence-corrected chi connectivity index (χ1v) is 10.7. The molecule has 1 heterocycles. The SMILES string of the molecule is O=C(O)C(=O)c1cccc2c1CCCC2CCC(=O)N(c1ccccc1)c1cccnc1. The molecule has 1 aromatic heterocycles. The van der Waals surface area contributed by atoms with E-state index in [2.05, 4.69) is 4.98 Å². The Kier molecular flexibility index (Phi) is 6.40. The Hall–Kier alpha value is -3.80. The number of carbonyl (C=O) groups is 3. The van der Waals surface area contributed by atoms with Crippen molar-refractivity contribution in [1.82, 2.24) is 4.98 Å². The lowest BCUT2D eigenvalue weighted by atomic mass is 9.78. The molecule has 2 aromatic carbocycles. The first-order chi connectivity index (χ1) is 15.6. The molecule has 0 saturated carbocycles. The van der Waals surface area contributed by atoms with E-state index in [-0.39, 0.29) is 17.4 Å². The van der Waals surface area contributed by atoms with E-state index in [0.717, 1.165) is 29.7 Å². The van der Waals surface area contributed by atoms with Crippen LogP contribution in [0.15, 0.2) is 73.1 Å². The van der Waals surface area contributed by atoms with Gasteiger partial charge in [0.1, 0.15) is 0 Å². The summed E-state index contributed by atoms with van der Waals surface area (Å²) in [6.07, 6.45) is 6.74. The number of amides is 1. The van der Waals surface area contributed by atoms with Crippen LogP contribution in [-0.4, -0.2) is 27.8 Å². The van der Waals surface area contributed by atoms with E-state index in [1.54, 1.807) is 35.5 Å². The van der Waals surface area contributed by atoms with Crippen molar-refractivity contribution in [3.05, 3.63) is 89.7 Å². The molecule has 0 saturated heterocycles. The summed E-state index contributed by atoms with van der Waals surface area (Å²) in [7, 11) is 0. The van der Waals surface area contributed by atoms with E-state index < -0.39 is 11.8 Å². The minimum Gasteiger partial charge on any atom is -0.475 e. The zero-order chi connectivity index (χ0) is 22.5. The Morgan fingerprint density at radius 3 is 2.47 bits per heavy atom. The highest BCUT2D eigenvalue weighted by Crippen LogP contribution is 2.37. The van der Waals surface area contributed by atoms with Gasteiger partial charge in [0.15, 0.2) is 0 Å². The molecule has 1 aliphatic rings. The van der Waals surface area contributed by atoms with Crippen molar-refractivity contribution in [2.45, 2.75) is 38.0 Å². The second-order valence-corrected chi connectivity index (χ2v) is 7.91. The molecule has 0 bridgehead atoms. The van der Waals surface area contributed by atoms with Gasteiger partial charge < -0.3 is 5.11 Å². The number of Topliss-reactive ketones (excluding diaryl/α,β-unsaturated/α-hetero) is 1. The van der Waals surface area contributed by atoms with E-state index in [9.17, 15) is 14.4 Å². The molecular formula is C26H24N2O4. The average Bonchev–Trinajstić information content (AvgIpc) is 2.83. The van der Waals surface area contributed by atoms with E-state index in [0.29, 0.717) is 24.9 Å². The van der Waals surface area contributed by atoms with Gasteiger partial charge in [0.2, 0.25) is 5.91 Å². The number of nitrogens with zero attached hydrogens (tertiary/aromatic N) is 2. The highest BCUT2D eigenvalue weighted by molar-refractivity contribution is 6.40. The van der Waals surface area contributed by atoms with E-state index in [1.807, 2.05) is 42.5 Å². The summed E-state index contributed by atoms with van der Waals surface area (Å²) in [5, 5.41) is 9.15. The number of aliphatic carboxylic acids is 1. The van der Waals surface area contributed by atoms with Gasteiger partial charge in [-0.15, -0.1) is 0 Å². The van der Waals surface area contributed by atoms with Crippen molar-refractivity contribution in [3.8, 4) is 0 Å². The number of rotatable bonds is 7. The fraction of sp³-hybridized carbons (Fsp3) is 0.231. The standard InChI is InChI=1S/C26H24N2O4/c29-24(28(19-8-2-1-3-9-19)20-10-6-16-27-17-20)15-14-18-7-4-12-22-21(18)11-5-13-23(22)25(30)26(31)32/h1-3,5-6,8-11,13,16-18H,4,7,12,14-15H2,(H,31,32). The molecule has 32 heavy (non-hydrogen) atoms. The van der Waals surface area contributed by atoms with Gasteiger partial charge in [0.05, 0.1) is 11.9 Å². The van der Waals surface area contributed by atoms with E-state index in [1.165, 1.54) is 0 Å². The van der Waals surface area contributed by atoms with Gasteiger partial charge in [-0.25, -0.2) is 4.79 Å². The maximum absolute atomic E-state index is 13.3. The van der Waals surface area contributed by atoms with Crippen LogP contribution in [0.5, 0.6) is 0 Å². The quantitative estimate of drug-likeness (QED) is 0.427. The largest absolute Gasteiger partial charge is 0.475 e. The van der Waals surface area contributed by atoms with Crippen LogP contribution in [0.2, 0.25) is 0 Å². The van der Waals surface area contributed by atoms with Gasteiger partial charge in [0, 0.05) is 23.9 Å². The van der Waals surface area contributed by atoms with Crippen LogP contribution in [0.1, 0.15) is 53.1 Å². The number of fused-ring (bicyclic) bond motifs is 1. The van der Waals surface area contributed by atoms with Crippen LogP contribution in [0, 0.1) is 0 Å². The molecule has 1 atom stereocenters. The van der Waals surface area contributed by atoms with Crippen molar-refractivity contribution in [2.24, 2.45) is 0 Å². The number of aromatic nitrogens is 1. The Bertz CT molecular complexity index is 1090. The maximum Gasteiger partial charge on any atom is 0.377 e. The van der Waals surface area contributed by atoms with Crippen LogP contribution in [0.3, 0.4) is 0 Å². The van der Waals surface area contributed by atoms with Crippen LogP contribution in [-0.2, 0) is 16.0 Å². The Morgan fingerprint density at radius 2 is 1.75 bits per heavy atom. The first kappa shape index (κ1) is 21.4. The van der Waals surface area contributed by atoms with Gasteiger partial charge in [-0.05, 0) is 67.0 Å². The lowest BCUT2D eigenvalue weighted by Crippen LogP contribution is -2.26. The Labute approximate surface area is 186 Å². The predicted molar refractivity (Wildman–Crippen MR) is 121 cm³/mol. The number of pyridine rings is 1. The van der Waals surface area contributed by atoms with Crippen molar-refractivity contribution in [1.29, 1.82) is 0 Å². The van der Waals surface area contributed by atoms with Crippen LogP contribution in [0.4, 0.5) is 11.4 Å². The highest BCUT2D eigenvalue weighted by Gasteiger charge is 2.28. The Balaban J connectivity index is 1.56. The second-order valence-electron chi connectivity index (χ2n) is 7.91. The summed E-state index contributed by atoms with van der Waals surface area (Å²) in [5.74, 6) is -2.24. The smallest absolute Gasteiger partial charge is 0.377 e. The Morgan fingerprint density at radius 1 is 0.969 bits per heavy atom. The maximum atomic E-state index is 13.3. The molecule has 0 fully saturated rings. The minimum absolute atomic E-state index is 0.0332. The summed E-state index contributed by atoms with van der Waals surface area (Å²) in [5.41, 5.74) is 3.57. The molecular weight excluding hydrogens is 404 g/mol. The first-order valence-electron chi connectivity index (χ1n) is 10.7. The number of hydrogen-bond acceptors (Lipinski definition) is 4. The van der Waals surface area contributed by atoms with Crippen LogP contribution < -0.4 is 4.90 Å². The summed E-state index contributed by atoms with van der Waals surface area (Å²) in [6, 6.07) is 18.4. The third-order valence-corrected chi connectivity index (χ3v) is 5.94. The molecule has 6 heteroatoms. The molecule has 162 valence electrons. The lowest BCUT2D eigenvalue weighted by Gasteiger charge is -2.28. The number of hydrogen-bond donors (Lipinski definition) is 1. The van der Waals surface area contributed by atoms with Gasteiger partial charge in [-0.3, -0.25) is 19.5 Å². The highest BCUT2D eigenvalue weighted by atomic mass is 16.4. The third-order valence-electron chi connectivity index (χ3n) is 5.94. The molecule has 1 amide bonds. The fourth-order valence-corrected chi connectivity index (χ4v) is 4.48. The topological polar surface area (TPSA) is 87.6 Å². The summed E-state index contributed by atoms with van der Waals surface area (Å²) in [4.78, 5) is 42.5. The van der Waals surface area contributed by atoms with Gasteiger partial charge in [-0.2, -0.15) is 0 Å². The third kappa shape index (κ3) is 4.44. The zero-order valence-corrected chi connectivity index (χ0v) is 17.6. The van der Waals surface area contributed by atoms with Crippen molar-refractivity contribution in [3.63, 3.8) is 0 Å². The fourth-order valence-electron chi connectivity index (χ4n) is 4.48. The molecule has 1 unspecified atom stereocenters. The number of ketones is 1. The molecule has 0 radical (unpaired) electrons. The van der Waals surface area contributed by atoms with E-state index in [4.69, 9.17) is 5.11 Å². The van der Waals surface area contributed by atoms with Gasteiger partial charge in [-0.1, -0.05) is 36.4 Å². The zero-order valence-electron chi connectivity index (χ0n) is 17.6. The summed E-state index contributed by atoms with van der Waals surface area (Å²) in [6.45, 7) is 0. The molecule has 3 aromatic rings. The van der Waals surface area contributed by atoms with Crippen molar-refractivity contribution in [2.75, 3.05) is 4.90 Å². The molecule has 6 nitrogen and oxygen atoms in total. The monoisotopic (exact) mass is 428 g/mol. The average molecular weight is 428 g/mol. The molecule has 4 rings (SSSR count).